The Morgan fingerprint density at radius 3 is 2.87 bits per heavy atom. The number of carbonyl (C=O) groups excluding carboxylic acids is 1. The van der Waals surface area contributed by atoms with Crippen LogP contribution in [-0.2, 0) is 11.3 Å². The highest BCUT2D eigenvalue weighted by Crippen LogP contribution is 2.20. The minimum atomic E-state index is -0.332. The minimum Gasteiger partial charge on any atom is -0.298 e. The number of halogens is 2. The van der Waals surface area contributed by atoms with E-state index in [0.717, 1.165) is 12.1 Å². The number of Topliss-reactive ketones (excluding diaryl/α,β-unsaturated/α-hetero) is 1. The van der Waals surface area contributed by atoms with Gasteiger partial charge in [0, 0.05) is 24.5 Å². The summed E-state index contributed by atoms with van der Waals surface area (Å²) in [5.74, 6) is -0.0746. The van der Waals surface area contributed by atoms with Gasteiger partial charge in [-0.25, -0.2) is 4.39 Å². The number of likely N-dealkylation sites (tertiary alicyclic amines) is 1. The Morgan fingerprint density at radius 1 is 1.47 bits per heavy atom. The number of benzene rings is 1. The van der Waals surface area contributed by atoms with Crippen LogP contribution in [0.25, 0.3) is 0 Å². The molecule has 0 spiro atoms. The van der Waals surface area contributed by atoms with Gasteiger partial charge < -0.3 is 0 Å². The van der Waals surface area contributed by atoms with Crippen LogP contribution in [0.1, 0.15) is 12.0 Å². The highest BCUT2D eigenvalue weighted by atomic mass is 35.5. The van der Waals surface area contributed by atoms with E-state index in [-0.39, 0.29) is 11.6 Å². The van der Waals surface area contributed by atoms with E-state index in [1.807, 2.05) is 4.90 Å². The van der Waals surface area contributed by atoms with Crippen molar-refractivity contribution in [3.63, 3.8) is 0 Å². The fourth-order valence-electron chi connectivity index (χ4n) is 1.72. The zero-order valence-corrected chi connectivity index (χ0v) is 8.93. The standard InChI is InChI=1S/C11H11ClFNO/c12-11-5-9(13)2-1-8(11)6-14-4-3-10(15)7-14/h1-2,5H,3-4,6-7H2. The summed E-state index contributed by atoms with van der Waals surface area (Å²) >= 11 is 5.89. The second-order valence-electron chi connectivity index (χ2n) is 3.74. The monoisotopic (exact) mass is 227 g/mol. The molecular weight excluding hydrogens is 217 g/mol. The average Bonchev–Trinajstić information content (AvgIpc) is 2.56. The number of ketones is 1. The second kappa shape index (κ2) is 4.29. The molecule has 80 valence electrons. The lowest BCUT2D eigenvalue weighted by Crippen LogP contribution is -2.20. The van der Waals surface area contributed by atoms with Gasteiger partial charge in [-0.3, -0.25) is 9.69 Å². The first-order chi connectivity index (χ1) is 7.15. The third kappa shape index (κ3) is 2.55. The SMILES string of the molecule is O=C1CCN(Cc2ccc(F)cc2Cl)C1. The van der Waals surface area contributed by atoms with Crippen LogP contribution in [0.5, 0.6) is 0 Å². The normalized spacial score (nSPS) is 17.3. The van der Waals surface area contributed by atoms with Gasteiger partial charge in [-0.05, 0) is 17.7 Å². The van der Waals surface area contributed by atoms with E-state index >= 15 is 0 Å². The molecule has 0 atom stereocenters. The van der Waals surface area contributed by atoms with E-state index in [9.17, 15) is 9.18 Å². The van der Waals surface area contributed by atoms with E-state index in [1.165, 1.54) is 12.1 Å². The molecule has 4 heteroatoms. The zero-order valence-electron chi connectivity index (χ0n) is 8.17. The van der Waals surface area contributed by atoms with Gasteiger partial charge in [0.05, 0.1) is 6.54 Å². The number of carbonyl (C=O) groups is 1. The van der Waals surface area contributed by atoms with Gasteiger partial charge in [-0.15, -0.1) is 0 Å². The third-order valence-corrected chi connectivity index (χ3v) is 2.87. The lowest BCUT2D eigenvalue weighted by Gasteiger charge is -2.14. The number of nitrogens with zero attached hydrogens (tertiary/aromatic N) is 1. The van der Waals surface area contributed by atoms with E-state index in [4.69, 9.17) is 11.6 Å². The smallest absolute Gasteiger partial charge is 0.148 e. The number of hydrogen-bond donors (Lipinski definition) is 0. The molecular formula is C11H11ClFNO. The van der Waals surface area contributed by atoms with Gasteiger partial charge in [-0.1, -0.05) is 17.7 Å². The van der Waals surface area contributed by atoms with Gasteiger partial charge in [0.1, 0.15) is 11.6 Å². The molecule has 1 aromatic carbocycles. The molecule has 0 aliphatic carbocycles. The van der Waals surface area contributed by atoms with Crippen LogP contribution in [0.3, 0.4) is 0 Å². The summed E-state index contributed by atoms with van der Waals surface area (Å²) in [6, 6.07) is 4.36. The molecule has 2 nitrogen and oxygen atoms in total. The van der Waals surface area contributed by atoms with Crippen LogP contribution in [0.15, 0.2) is 18.2 Å². The van der Waals surface area contributed by atoms with Crippen LogP contribution in [0.2, 0.25) is 5.02 Å². The molecule has 2 rings (SSSR count). The van der Waals surface area contributed by atoms with Gasteiger partial charge in [0.2, 0.25) is 0 Å². The molecule has 0 amide bonds. The first kappa shape index (κ1) is 10.6. The quantitative estimate of drug-likeness (QED) is 0.773. The maximum absolute atomic E-state index is 12.8. The summed E-state index contributed by atoms with van der Waals surface area (Å²) in [5, 5.41) is 0.425. The molecule has 0 unspecified atom stereocenters. The molecule has 1 fully saturated rings. The van der Waals surface area contributed by atoms with E-state index in [1.54, 1.807) is 6.07 Å². The molecule has 0 N–H and O–H groups in total. The third-order valence-electron chi connectivity index (χ3n) is 2.52. The number of hydrogen-bond acceptors (Lipinski definition) is 2. The molecule has 1 aliphatic rings. The van der Waals surface area contributed by atoms with Gasteiger partial charge in [-0.2, -0.15) is 0 Å². The van der Waals surface area contributed by atoms with Crippen molar-refractivity contribution in [3.05, 3.63) is 34.6 Å². The van der Waals surface area contributed by atoms with Gasteiger partial charge >= 0.3 is 0 Å². The van der Waals surface area contributed by atoms with Crippen LogP contribution in [-0.4, -0.2) is 23.8 Å². The van der Waals surface area contributed by atoms with E-state index in [2.05, 4.69) is 0 Å². The largest absolute Gasteiger partial charge is 0.298 e. The van der Waals surface area contributed by atoms with Crippen molar-refractivity contribution in [1.82, 2.24) is 4.90 Å². The molecule has 1 aromatic rings. The Bertz CT molecular complexity index is 394. The van der Waals surface area contributed by atoms with Crippen LogP contribution < -0.4 is 0 Å². The Kier molecular flexibility index (Phi) is 3.03. The fourth-order valence-corrected chi connectivity index (χ4v) is 1.94. The van der Waals surface area contributed by atoms with Crippen molar-refractivity contribution in [2.24, 2.45) is 0 Å². The maximum Gasteiger partial charge on any atom is 0.148 e. The van der Waals surface area contributed by atoms with Crippen molar-refractivity contribution in [2.75, 3.05) is 13.1 Å². The molecule has 1 aliphatic heterocycles. The first-order valence-corrected chi connectivity index (χ1v) is 5.21. The summed E-state index contributed by atoms with van der Waals surface area (Å²) in [7, 11) is 0. The van der Waals surface area contributed by atoms with Crippen molar-refractivity contribution in [2.45, 2.75) is 13.0 Å². The Hall–Kier alpha value is -0.930. The molecule has 0 saturated carbocycles. The highest BCUT2D eigenvalue weighted by molar-refractivity contribution is 6.31. The Morgan fingerprint density at radius 2 is 2.27 bits per heavy atom. The van der Waals surface area contributed by atoms with Crippen molar-refractivity contribution >= 4 is 17.4 Å². The molecule has 1 saturated heterocycles. The maximum atomic E-state index is 12.8. The van der Waals surface area contributed by atoms with E-state index in [0.29, 0.717) is 24.5 Å². The van der Waals surface area contributed by atoms with Crippen LogP contribution in [0, 0.1) is 5.82 Å². The zero-order chi connectivity index (χ0) is 10.8. The lowest BCUT2D eigenvalue weighted by atomic mass is 10.2. The van der Waals surface area contributed by atoms with Crippen LogP contribution >= 0.6 is 11.6 Å². The molecule has 0 aromatic heterocycles. The summed E-state index contributed by atoms with van der Waals surface area (Å²) in [5.41, 5.74) is 0.868. The predicted molar refractivity (Wildman–Crippen MR) is 56.3 cm³/mol. The first-order valence-electron chi connectivity index (χ1n) is 4.83. The summed E-state index contributed by atoms with van der Waals surface area (Å²) in [4.78, 5) is 13.1. The molecule has 15 heavy (non-hydrogen) atoms. The minimum absolute atomic E-state index is 0.258. The second-order valence-corrected chi connectivity index (χ2v) is 4.14. The highest BCUT2D eigenvalue weighted by Gasteiger charge is 2.19. The average molecular weight is 228 g/mol. The van der Waals surface area contributed by atoms with Gasteiger partial charge in [0.25, 0.3) is 0 Å². The fraction of sp³-hybridized carbons (Fsp3) is 0.364. The summed E-state index contributed by atoms with van der Waals surface area (Å²) < 4.78 is 12.8. The summed E-state index contributed by atoms with van der Waals surface area (Å²) in [6.07, 6.45) is 0.610. The van der Waals surface area contributed by atoms with Crippen molar-refractivity contribution < 1.29 is 9.18 Å². The lowest BCUT2D eigenvalue weighted by molar-refractivity contribution is -0.116. The molecule has 0 bridgehead atoms. The van der Waals surface area contributed by atoms with Crippen LogP contribution in [0.4, 0.5) is 4.39 Å². The molecule has 1 heterocycles. The van der Waals surface area contributed by atoms with Gasteiger partial charge in [0.15, 0.2) is 0 Å². The summed E-state index contributed by atoms with van der Waals surface area (Å²) in [6.45, 7) is 1.87. The Labute approximate surface area is 92.6 Å². The van der Waals surface area contributed by atoms with Crippen molar-refractivity contribution in [3.8, 4) is 0 Å². The van der Waals surface area contributed by atoms with E-state index < -0.39 is 0 Å². The molecule has 0 radical (unpaired) electrons. The Balaban J connectivity index is 2.07. The predicted octanol–water partition coefficient (Wildman–Crippen LogP) is 2.25. The number of rotatable bonds is 2. The topological polar surface area (TPSA) is 20.3 Å². The van der Waals surface area contributed by atoms with Crippen molar-refractivity contribution in [1.29, 1.82) is 0 Å².